The molecule has 0 bridgehead atoms. The number of likely N-dealkylation sites (tertiary alicyclic amines) is 1. The van der Waals surface area contributed by atoms with E-state index in [9.17, 15) is 9.59 Å². The van der Waals surface area contributed by atoms with Gasteiger partial charge in [-0.3, -0.25) is 9.59 Å². The molecule has 0 aromatic carbocycles. The summed E-state index contributed by atoms with van der Waals surface area (Å²) in [6.45, 7) is 5.31. The van der Waals surface area contributed by atoms with Crippen LogP contribution in [-0.2, 0) is 0 Å². The van der Waals surface area contributed by atoms with Gasteiger partial charge in [0.05, 0.1) is 0 Å². The van der Waals surface area contributed by atoms with E-state index in [2.05, 4.69) is 10.3 Å². The van der Waals surface area contributed by atoms with Gasteiger partial charge in [0.1, 0.15) is 5.56 Å². The van der Waals surface area contributed by atoms with Gasteiger partial charge in [-0.15, -0.1) is 0 Å². The van der Waals surface area contributed by atoms with Crippen molar-refractivity contribution >= 4 is 5.91 Å². The number of hydrogen-bond acceptors (Lipinski definition) is 3. The summed E-state index contributed by atoms with van der Waals surface area (Å²) < 4.78 is 0. The largest absolute Gasteiger partial charge is 0.364 e. The van der Waals surface area contributed by atoms with Gasteiger partial charge in [0.25, 0.3) is 5.91 Å². The van der Waals surface area contributed by atoms with Crippen molar-refractivity contribution in [2.75, 3.05) is 26.2 Å². The summed E-state index contributed by atoms with van der Waals surface area (Å²) in [6.07, 6.45) is 1.53. The number of pyridine rings is 1. The number of aromatic nitrogens is 1. The lowest BCUT2D eigenvalue weighted by Gasteiger charge is -2.17. The highest BCUT2D eigenvalue weighted by Crippen LogP contribution is 2.26. The summed E-state index contributed by atoms with van der Waals surface area (Å²) in [5, 5.41) is 3.34. The molecule has 2 fully saturated rings. The van der Waals surface area contributed by atoms with E-state index in [-0.39, 0.29) is 16.9 Å². The molecule has 2 aliphatic rings. The Kier molecular flexibility index (Phi) is 2.70. The molecule has 0 aliphatic carbocycles. The van der Waals surface area contributed by atoms with Crippen LogP contribution in [0.2, 0.25) is 0 Å². The van der Waals surface area contributed by atoms with Crippen molar-refractivity contribution in [3.63, 3.8) is 0 Å². The maximum atomic E-state index is 12.3. The number of aryl methyl sites for hydroxylation is 1. The Morgan fingerprint density at radius 2 is 2.00 bits per heavy atom. The van der Waals surface area contributed by atoms with Crippen molar-refractivity contribution in [2.45, 2.75) is 6.92 Å². The summed E-state index contributed by atoms with van der Waals surface area (Å²) >= 11 is 0. The zero-order chi connectivity index (χ0) is 12.7. The van der Waals surface area contributed by atoms with Gasteiger partial charge in [-0.2, -0.15) is 0 Å². The minimum absolute atomic E-state index is 0.134. The zero-order valence-corrected chi connectivity index (χ0v) is 10.4. The quantitative estimate of drug-likeness (QED) is 0.732. The maximum absolute atomic E-state index is 12.3. The Labute approximate surface area is 105 Å². The Morgan fingerprint density at radius 3 is 2.61 bits per heavy atom. The molecule has 3 heterocycles. The molecule has 0 saturated carbocycles. The summed E-state index contributed by atoms with van der Waals surface area (Å²) in [5.41, 5.74) is 0.846. The number of carbonyl (C=O) groups excluding carboxylic acids is 1. The predicted molar refractivity (Wildman–Crippen MR) is 67.6 cm³/mol. The van der Waals surface area contributed by atoms with E-state index in [1.807, 2.05) is 11.8 Å². The first-order chi connectivity index (χ1) is 8.65. The number of nitrogens with zero attached hydrogens (tertiary/aromatic N) is 1. The van der Waals surface area contributed by atoms with Gasteiger partial charge in [-0.05, 0) is 18.8 Å². The van der Waals surface area contributed by atoms with Gasteiger partial charge < -0.3 is 15.2 Å². The molecule has 2 N–H and O–H groups in total. The van der Waals surface area contributed by atoms with E-state index in [0.717, 1.165) is 31.9 Å². The number of H-pyrrole nitrogens is 1. The first kappa shape index (κ1) is 11.5. The van der Waals surface area contributed by atoms with E-state index in [1.165, 1.54) is 12.3 Å². The fourth-order valence-corrected chi connectivity index (χ4v) is 2.93. The Hall–Kier alpha value is -1.62. The number of rotatable bonds is 1. The van der Waals surface area contributed by atoms with Crippen molar-refractivity contribution in [1.29, 1.82) is 0 Å². The van der Waals surface area contributed by atoms with Gasteiger partial charge in [0.2, 0.25) is 0 Å². The van der Waals surface area contributed by atoms with Gasteiger partial charge in [0, 0.05) is 44.1 Å². The Bertz CT molecular complexity index is 525. The highest BCUT2D eigenvalue weighted by atomic mass is 16.2. The van der Waals surface area contributed by atoms with Crippen LogP contribution in [0.15, 0.2) is 17.1 Å². The summed E-state index contributed by atoms with van der Waals surface area (Å²) in [7, 11) is 0. The van der Waals surface area contributed by atoms with Gasteiger partial charge >= 0.3 is 0 Å². The van der Waals surface area contributed by atoms with Crippen molar-refractivity contribution in [1.82, 2.24) is 15.2 Å². The van der Waals surface area contributed by atoms with Crippen LogP contribution in [0, 0.1) is 18.8 Å². The average Bonchev–Trinajstić information content (AvgIpc) is 2.87. The Balaban J connectivity index is 1.81. The van der Waals surface area contributed by atoms with Crippen LogP contribution >= 0.6 is 0 Å². The first-order valence-corrected chi connectivity index (χ1v) is 6.34. The maximum Gasteiger partial charge on any atom is 0.259 e. The minimum Gasteiger partial charge on any atom is -0.364 e. The van der Waals surface area contributed by atoms with Crippen LogP contribution in [-0.4, -0.2) is 42.0 Å². The fraction of sp³-hybridized carbons (Fsp3) is 0.538. The molecule has 0 radical (unpaired) electrons. The molecule has 96 valence electrons. The molecule has 1 aromatic heterocycles. The second kappa shape index (κ2) is 4.24. The number of nitrogens with one attached hydrogen (secondary N) is 2. The fourth-order valence-electron chi connectivity index (χ4n) is 2.93. The number of aromatic amines is 1. The molecular formula is C13H17N3O2. The molecule has 5 heteroatoms. The average molecular weight is 247 g/mol. The van der Waals surface area contributed by atoms with E-state index >= 15 is 0 Å². The second-order valence-electron chi connectivity index (χ2n) is 5.28. The third kappa shape index (κ3) is 1.84. The lowest BCUT2D eigenvalue weighted by atomic mass is 10.0. The number of carbonyl (C=O) groups is 1. The predicted octanol–water partition coefficient (Wildman–Crippen LogP) is -0.0253. The molecule has 5 nitrogen and oxygen atoms in total. The van der Waals surface area contributed by atoms with E-state index in [0.29, 0.717) is 11.8 Å². The molecule has 3 rings (SSSR count). The normalized spacial score (nSPS) is 26.4. The smallest absolute Gasteiger partial charge is 0.259 e. The SMILES string of the molecule is Cc1cc(=O)c(C(=O)N2C[C@H]3CNC[C@H]3C2)c[nH]1. The summed E-state index contributed by atoms with van der Waals surface area (Å²) in [5.74, 6) is 0.975. The van der Waals surface area contributed by atoms with Crippen molar-refractivity contribution < 1.29 is 4.79 Å². The summed E-state index contributed by atoms with van der Waals surface area (Å²) in [6, 6.07) is 1.48. The second-order valence-corrected chi connectivity index (χ2v) is 5.28. The lowest BCUT2D eigenvalue weighted by molar-refractivity contribution is 0.0780. The molecule has 1 amide bonds. The van der Waals surface area contributed by atoms with Gasteiger partial charge in [-0.1, -0.05) is 0 Å². The highest BCUT2D eigenvalue weighted by Gasteiger charge is 2.38. The third-order valence-corrected chi connectivity index (χ3v) is 3.96. The third-order valence-electron chi connectivity index (χ3n) is 3.96. The van der Waals surface area contributed by atoms with E-state index in [1.54, 1.807) is 0 Å². The topological polar surface area (TPSA) is 65.2 Å². The highest BCUT2D eigenvalue weighted by molar-refractivity contribution is 5.94. The molecule has 0 spiro atoms. The molecule has 18 heavy (non-hydrogen) atoms. The van der Waals surface area contributed by atoms with Crippen molar-refractivity contribution in [3.05, 3.63) is 33.7 Å². The van der Waals surface area contributed by atoms with E-state index in [4.69, 9.17) is 0 Å². The molecular weight excluding hydrogens is 230 g/mol. The van der Waals surface area contributed by atoms with Crippen LogP contribution in [0.4, 0.5) is 0 Å². The number of amides is 1. The number of fused-ring (bicyclic) bond motifs is 1. The number of hydrogen-bond donors (Lipinski definition) is 2. The minimum atomic E-state index is -0.188. The molecule has 0 unspecified atom stereocenters. The van der Waals surface area contributed by atoms with Crippen molar-refractivity contribution in [2.24, 2.45) is 11.8 Å². The monoisotopic (exact) mass is 247 g/mol. The van der Waals surface area contributed by atoms with Gasteiger partial charge in [-0.25, -0.2) is 0 Å². The standard InChI is InChI=1S/C13H17N3O2/c1-8-2-12(17)11(5-15-8)13(18)16-6-9-3-14-4-10(9)7-16/h2,5,9-10,14H,3-4,6-7H2,1H3,(H,15,17)/t9-,10+. The van der Waals surface area contributed by atoms with Crippen LogP contribution in [0.25, 0.3) is 0 Å². The molecule has 2 saturated heterocycles. The lowest BCUT2D eigenvalue weighted by Crippen LogP contribution is -2.34. The first-order valence-electron chi connectivity index (χ1n) is 6.34. The van der Waals surface area contributed by atoms with Crippen LogP contribution in [0.5, 0.6) is 0 Å². The van der Waals surface area contributed by atoms with Crippen molar-refractivity contribution in [3.8, 4) is 0 Å². The summed E-state index contributed by atoms with van der Waals surface area (Å²) in [4.78, 5) is 28.9. The zero-order valence-electron chi connectivity index (χ0n) is 10.4. The van der Waals surface area contributed by atoms with E-state index < -0.39 is 0 Å². The molecule has 1 aromatic rings. The van der Waals surface area contributed by atoms with Crippen LogP contribution in [0.3, 0.4) is 0 Å². The Morgan fingerprint density at radius 1 is 1.33 bits per heavy atom. The molecule has 2 aliphatic heterocycles. The van der Waals surface area contributed by atoms with Crippen LogP contribution in [0.1, 0.15) is 16.1 Å². The van der Waals surface area contributed by atoms with Gasteiger partial charge in [0.15, 0.2) is 5.43 Å². The van der Waals surface area contributed by atoms with Crippen LogP contribution < -0.4 is 10.7 Å². The molecule has 2 atom stereocenters.